The molecule has 0 spiro atoms. The van der Waals surface area contributed by atoms with Gasteiger partial charge in [0.25, 0.3) is 0 Å². The summed E-state index contributed by atoms with van der Waals surface area (Å²) in [5, 5.41) is 2.63. The average molecular weight is 606 g/mol. The van der Waals surface area contributed by atoms with Crippen LogP contribution in [-0.4, -0.2) is 91.5 Å². The lowest BCUT2D eigenvalue weighted by Gasteiger charge is -2.41. The minimum Gasteiger partial charge on any atom is -0.463 e. The number of aromatic nitrogens is 2. The quantitative estimate of drug-likeness (QED) is 0.259. The number of carbonyl (C=O) groups is 1. The van der Waals surface area contributed by atoms with Crippen LogP contribution in [0.3, 0.4) is 0 Å². The number of carbonyl (C=O) groups excluding carboxylic acids is 1. The zero-order valence-corrected chi connectivity index (χ0v) is 24.7. The number of ether oxygens (including phenoxy) is 1. The number of piperazine rings is 1. The molecule has 1 saturated heterocycles. The summed E-state index contributed by atoms with van der Waals surface area (Å²) in [5.74, 6) is 0.456. The fourth-order valence-electron chi connectivity index (χ4n) is 6.25. The van der Waals surface area contributed by atoms with Crippen LogP contribution >= 0.6 is 11.6 Å². The molecule has 2 aromatic carbocycles. The third-order valence-corrected chi connectivity index (χ3v) is 9.01. The van der Waals surface area contributed by atoms with Crippen molar-refractivity contribution in [2.45, 2.75) is 31.8 Å². The summed E-state index contributed by atoms with van der Waals surface area (Å²) in [4.78, 5) is 32.5. The van der Waals surface area contributed by atoms with Crippen molar-refractivity contribution < 1.29 is 17.8 Å². The molecule has 1 aliphatic carbocycles. The molecule has 2 aliphatic heterocycles. The number of benzene rings is 2. The Morgan fingerprint density at radius 2 is 2.05 bits per heavy atom. The highest BCUT2D eigenvalue weighted by Gasteiger charge is 2.44. The van der Waals surface area contributed by atoms with Gasteiger partial charge < -0.3 is 29.2 Å². The summed E-state index contributed by atoms with van der Waals surface area (Å²) < 4.78 is 53.1. The average Bonchev–Trinajstić information content (AvgIpc) is 3.84. The molecule has 3 heterocycles. The Morgan fingerprint density at radius 1 is 1.23 bits per heavy atom. The van der Waals surface area contributed by atoms with E-state index in [0.29, 0.717) is 67.7 Å². The van der Waals surface area contributed by atoms with Crippen LogP contribution in [0, 0.1) is 12.0 Å². The first-order chi connectivity index (χ1) is 23.2. The SMILES string of the molecule is [2H]C([2H])([2H])N(CC1(COc2nc3c(c(N4CCN(C(=O)C=C)[C@@H](C[N+]#[C-])C4)n2)CCN(c2cccc4cccc(Cl)c24)C3)CC1)C([2H])([2H])[2H]. The van der Waals surface area contributed by atoms with Crippen molar-refractivity contribution in [3.8, 4) is 6.01 Å². The molecule has 10 heteroatoms. The Labute approximate surface area is 266 Å². The zero-order valence-electron chi connectivity index (χ0n) is 29.9. The van der Waals surface area contributed by atoms with Crippen LogP contribution < -0.4 is 14.5 Å². The van der Waals surface area contributed by atoms with Crippen LogP contribution in [0.5, 0.6) is 6.01 Å². The second-order valence-corrected chi connectivity index (χ2v) is 12.0. The van der Waals surface area contributed by atoms with Gasteiger partial charge >= 0.3 is 6.01 Å². The summed E-state index contributed by atoms with van der Waals surface area (Å²) in [5.41, 5.74) is 2.04. The van der Waals surface area contributed by atoms with Gasteiger partial charge in [0, 0.05) is 63.0 Å². The lowest BCUT2D eigenvalue weighted by atomic mass is 10.0. The van der Waals surface area contributed by atoms with Crippen molar-refractivity contribution in [2.75, 3.05) is 69.6 Å². The molecule has 2 fully saturated rings. The zero-order chi connectivity index (χ0) is 35.1. The van der Waals surface area contributed by atoms with E-state index in [-0.39, 0.29) is 37.7 Å². The molecule has 0 radical (unpaired) electrons. The highest BCUT2D eigenvalue weighted by molar-refractivity contribution is 6.36. The van der Waals surface area contributed by atoms with Crippen molar-refractivity contribution >= 4 is 39.8 Å². The first-order valence-electron chi connectivity index (χ1n) is 17.5. The minimum absolute atomic E-state index is 0.0541. The Hall–Kier alpha value is -3.87. The highest BCUT2D eigenvalue weighted by Crippen LogP contribution is 2.46. The maximum Gasteiger partial charge on any atom is 0.318 e. The van der Waals surface area contributed by atoms with Gasteiger partial charge in [-0.3, -0.25) is 4.79 Å². The lowest BCUT2D eigenvalue weighted by molar-refractivity contribution is -0.128. The van der Waals surface area contributed by atoms with E-state index in [4.69, 9.17) is 41.1 Å². The monoisotopic (exact) mass is 605 g/mol. The fraction of sp³-hybridized carbons (Fsp3) is 0.455. The van der Waals surface area contributed by atoms with Gasteiger partial charge in [-0.2, -0.15) is 9.97 Å². The van der Waals surface area contributed by atoms with Crippen molar-refractivity contribution in [3.63, 3.8) is 0 Å². The number of amides is 1. The van der Waals surface area contributed by atoms with Crippen molar-refractivity contribution in [1.29, 1.82) is 0 Å². The van der Waals surface area contributed by atoms with Gasteiger partial charge in [0.05, 0.1) is 23.9 Å². The van der Waals surface area contributed by atoms with Crippen LogP contribution in [0.15, 0.2) is 49.1 Å². The number of halogens is 1. The molecule has 0 unspecified atom stereocenters. The van der Waals surface area contributed by atoms with Crippen LogP contribution in [0.25, 0.3) is 15.6 Å². The largest absolute Gasteiger partial charge is 0.463 e. The summed E-state index contributed by atoms with van der Waals surface area (Å²) in [7, 11) is 0. The second-order valence-electron chi connectivity index (χ2n) is 11.6. The summed E-state index contributed by atoms with van der Waals surface area (Å²) in [6.07, 6.45) is 3.12. The Balaban J connectivity index is 1.33. The van der Waals surface area contributed by atoms with E-state index in [1.54, 1.807) is 4.90 Å². The Bertz CT molecular complexity index is 1770. The van der Waals surface area contributed by atoms with Crippen molar-refractivity contribution in [2.24, 2.45) is 5.41 Å². The smallest absolute Gasteiger partial charge is 0.318 e. The van der Waals surface area contributed by atoms with Gasteiger partial charge in [-0.25, -0.2) is 6.57 Å². The van der Waals surface area contributed by atoms with E-state index >= 15 is 0 Å². The molecule has 1 saturated carbocycles. The van der Waals surface area contributed by atoms with Crippen molar-refractivity contribution in [3.05, 3.63) is 76.8 Å². The maximum atomic E-state index is 12.6. The normalized spacial score (nSPS) is 21.9. The van der Waals surface area contributed by atoms with Gasteiger partial charge in [-0.05, 0) is 56.8 Å². The van der Waals surface area contributed by atoms with E-state index < -0.39 is 19.4 Å². The molecule has 0 N–H and O–H groups in total. The van der Waals surface area contributed by atoms with Crippen LogP contribution in [-0.2, 0) is 17.8 Å². The molecule has 1 atom stereocenters. The number of anilines is 2. The van der Waals surface area contributed by atoms with Gasteiger partial charge in [0.2, 0.25) is 12.5 Å². The van der Waals surface area contributed by atoms with Crippen LogP contribution in [0.4, 0.5) is 11.5 Å². The minimum atomic E-state index is -2.79. The van der Waals surface area contributed by atoms with Gasteiger partial charge in [0.1, 0.15) is 11.9 Å². The molecule has 0 bridgehead atoms. The maximum absolute atomic E-state index is 12.6. The standard InChI is InChI=1S/C33H38ClN7O2/c1-5-29(42)41-17-16-40(19-24(41)18-35-2)31-25-12-15-39(28-11-7-9-23-8-6-10-26(34)30(23)28)20-27(25)36-32(37-31)43-22-33(13-14-33)21-38(3)4/h5-11,24H,1,12-22H2,3-4H3/t24-/m0/s1/i3D3,4D3. The van der Waals surface area contributed by atoms with E-state index in [2.05, 4.69) is 21.2 Å². The predicted octanol–water partition coefficient (Wildman–Crippen LogP) is 4.69. The Morgan fingerprint density at radius 3 is 2.79 bits per heavy atom. The molecule has 43 heavy (non-hydrogen) atoms. The number of hydrogen-bond donors (Lipinski definition) is 0. The molecule has 9 nitrogen and oxygen atoms in total. The van der Waals surface area contributed by atoms with Crippen LogP contribution in [0.1, 0.15) is 32.3 Å². The lowest BCUT2D eigenvalue weighted by Crippen LogP contribution is -2.56. The van der Waals surface area contributed by atoms with E-state index in [0.717, 1.165) is 27.7 Å². The first-order valence-corrected chi connectivity index (χ1v) is 14.8. The highest BCUT2D eigenvalue weighted by atomic mass is 35.5. The predicted molar refractivity (Wildman–Crippen MR) is 171 cm³/mol. The molecular weight excluding hydrogens is 562 g/mol. The molecular formula is C33H38ClN7O2. The summed E-state index contributed by atoms with van der Waals surface area (Å²) >= 11 is 6.69. The molecule has 6 rings (SSSR count). The fourth-order valence-corrected chi connectivity index (χ4v) is 6.53. The third kappa shape index (κ3) is 5.99. The molecule has 3 aromatic rings. The van der Waals surface area contributed by atoms with Crippen LogP contribution in [0.2, 0.25) is 5.02 Å². The summed E-state index contributed by atoms with van der Waals surface area (Å²) in [6.45, 7) is 7.96. The number of rotatable bonds is 9. The second kappa shape index (κ2) is 12.0. The first kappa shape index (κ1) is 22.6. The number of fused-ring (bicyclic) bond motifs is 2. The van der Waals surface area contributed by atoms with Gasteiger partial charge in [-0.15, -0.1) is 0 Å². The van der Waals surface area contributed by atoms with E-state index in [9.17, 15) is 4.79 Å². The number of hydrogen-bond acceptors (Lipinski definition) is 7. The molecule has 3 aliphatic rings. The Kier molecular flexibility index (Phi) is 6.33. The molecule has 1 aromatic heterocycles. The third-order valence-electron chi connectivity index (χ3n) is 8.70. The summed E-state index contributed by atoms with van der Waals surface area (Å²) in [6, 6.07) is 11.7. The van der Waals surface area contributed by atoms with E-state index in [1.807, 2.05) is 36.4 Å². The van der Waals surface area contributed by atoms with E-state index in [1.165, 1.54) is 6.08 Å². The molecule has 1 amide bonds. The van der Waals surface area contributed by atoms with Gasteiger partial charge in [0.15, 0.2) is 0 Å². The molecule has 224 valence electrons. The topological polar surface area (TPSA) is 69.4 Å². The van der Waals surface area contributed by atoms with Crippen molar-refractivity contribution in [1.82, 2.24) is 19.8 Å². The van der Waals surface area contributed by atoms with Gasteiger partial charge in [-0.1, -0.05) is 42.4 Å². The number of nitrogens with zero attached hydrogens (tertiary/aromatic N) is 7.